The minimum absolute atomic E-state index is 0.00546. The fourth-order valence-electron chi connectivity index (χ4n) is 3.68. The standard InChI is InChI=1S/C12H13N3O2.C10H9O4P/c16-9-7-8(13-1-2-13)12(17)11(15-5-6-15)10(9)14-3-4-14;11-15(12,13)14-10-7-3-5-8-4-1-2-6-9(8)10/h7H,1-6H2;1-7H,(H2,11,12,13). The lowest BCUT2D eigenvalue weighted by Crippen LogP contribution is -2.29. The molecule has 9 nitrogen and oxygen atoms in total. The lowest BCUT2D eigenvalue weighted by Gasteiger charge is -2.21. The molecule has 2 aromatic rings. The van der Waals surface area contributed by atoms with Gasteiger partial charge in [-0.15, -0.1) is 0 Å². The number of ketones is 2. The molecule has 2 aromatic carbocycles. The quantitative estimate of drug-likeness (QED) is 0.394. The minimum atomic E-state index is -4.49. The molecule has 4 aliphatic rings. The number of fused-ring (bicyclic) bond motifs is 1. The third kappa shape index (κ3) is 4.41. The van der Waals surface area contributed by atoms with Crippen molar-refractivity contribution in [1.29, 1.82) is 0 Å². The fourth-order valence-corrected chi connectivity index (χ4v) is 4.09. The van der Waals surface area contributed by atoms with Gasteiger partial charge in [-0.25, -0.2) is 4.57 Å². The first-order valence-electron chi connectivity index (χ1n) is 10.3. The monoisotopic (exact) mass is 455 g/mol. The lowest BCUT2D eigenvalue weighted by molar-refractivity contribution is -0.117. The Labute approximate surface area is 184 Å². The molecule has 0 saturated carbocycles. The van der Waals surface area contributed by atoms with Crippen LogP contribution in [0, 0.1) is 0 Å². The number of Topliss-reactive ketones (excluding diaryl/α,β-unsaturated/α-hetero) is 1. The normalized spacial score (nSPS) is 19.6. The van der Waals surface area contributed by atoms with Crippen LogP contribution in [0.15, 0.2) is 65.6 Å². The van der Waals surface area contributed by atoms with Crippen molar-refractivity contribution in [3.63, 3.8) is 0 Å². The van der Waals surface area contributed by atoms with Gasteiger partial charge in [-0.3, -0.25) is 19.4 Å². The predicted molar refractivity (Wildman–Crippen MR) is 116 cm³/mol. The van der Waals surface area contributed by atoms with Gasteiger partial charge in [0.1, 0.15) is 17.1 Å². The van der Waals surface area contributed by atoms with Gasteiger partial charge in [-0.1, -0.05) is 36.4 Å². The van der Waals surface area contributed by atoms with Gasteiger partial charge in [-0.05, 0) is 11.5 Å². The first kappa shape index (κ1) is 20.8. The van der Waals surface area contributed by atoms with Crippen LogP contribution in [-0.4, -0.2) is 75.3 Å². The van der Waals surface area contributed by atoms with E-state index in [2.05, 4.69) is 4.52 Å². The number of phosphoric ester groups is 1. The zero-order valence-electron chi connectivity index (χ0n) is 17.2. The number of benzene rings is 2. The zero-order chi connectivity index (χ0) is 22.5. The maximum absolute atomic E-state index is 12.4. The Hall–Kier alpha value is -3.13. The van der Waals surface area contributed by atoms with Gasteiger partial charge in [0.2, 0.25) is 11.6 Å². The average molecular weight is 455 g/mol. The van der Waals surface area contributed by atoms with Crippen molar-refractivity contribution in [2.45, 2.75) is 0 Å². The summed E-state index contributed by atoms with van der Waals surface area (Å²) in [5.41, 5.74) is 1.89. The first-order valence-corrected chi connectivity index (χ1v) is 11.9. The number of carbonyl (C=O) groups excluding carboxylic acids is 2. The van der Waals surface area contributed by atoms with Gasteiger partial charge in [-0.2, -0.15) is 0 Å². The van der Waals surface area contributed by atoms with Crippen molar-refractivity contribution in [2.75, 3.05) is 39.3 Å². The van der Waals surface area contributed by atoms with Crippen LogP contribution in [0.25, 0.3) is 10.8 Å². The van der Waals surface area contributed by atoms with E-state index in [-0.39, 0.29) is 17.3 Å². The molecule has 0 aromatic heterocycles. The fraction of sp³-hybridized carbons (Fsp3) is 0.273. The molecule has 166 valence electrons. The second-order valence-electron chi connectivity index (χ2n) is 7.94. The van der Waals surface area contributed by atoms with E-state index in [4.69, 9.17) is 9.79 Å². The van der Waals surface area contributed by atoms with Crippen molar-refractivity contribution < 1.29 is 28.5 Å². The summed E-state index contributed by atoms with van der Waals surface area (Å²) in [6.45, 7) is 5.41. The number of rotatable bonds is 5. The minimum Gasteiger partial charge on any atom is -0.404 e. The topological polar surface area (TPSA) is 110 Å². The Bertz CT molecular complexity index is 1220. The molecule has 0 radical (unpaired) electrons. The van der Waals surface area contributed by atoms with Crippen molar-refractivity contribution >= 4 is 30.2 Å². The van der Waals surface area contributed by atoms with Crippen LogP contribution in [0.2, 0.25) is 0 Å². The summed E-state index contributed by atoms with van der Waals surface area (Å²) in [5.74, 6) is 0.244. The lowest BCUT2D eigenvalue weighted by atomic mass is 10.0. The maximum Gasteiger partial charge on any atom is 0.524 e. The third-order valence-electron chi connectivity index (χ3n) is 5.45. The Balaban J connectivity index is 0.000000136. The second kappa shape index (κ2) is 7.78. The Morgan fingerprint density at radius 3 is 2.00 bits per heavy atom. The highest BCUT2D eigenvalue weighted by Crippen LogP contribution is 2.40. The number of phosphoric acid groups is 1. The molecular formula is C22H22N3O6P. The summed E-state index contributed by atoms with van der Waals surface area (Å²) in [7, 11) is -4.49. The van der Waals surface area contributed by atoms with Crippen molar-refractivity contribution in [3.05, 3.63) is 65.6 Å². The van der Waals surface area contributed by atoms with E-state index in [1.807, 2.05) is 32.9 Å². The van der Waals surface area contributed by atoms with Crippen molar-refractivity contribution in [3.8, 4) is 5.75 Å². The van der Waals surface area contributed by atoms with E-state index in [0.717, 1.165) is 44.7 Å². The molecule has 2 N–H and O–H groups in total. The van der Waals surface area contributed by atoms with Crippen molar-refractivity contribution in [2.24, 2.45) is 0 Å². The van der Waals surface area contributed by atoms with Gasteiger partial charge in [0.05, 0.1) is 5.70 Å². The first-order chi connectivity index (χ1) is 15.3. The molecule has 0 bridgehead atoms. The number of allylic oxidation sites excluding steroid dienone is 1. The van der Waals surface area contributed by atoms with E-state index in [9.17, 15) is 14.2 Å². The molecule has 3 fully saturated rings. The van der Waals surface area contributed by atoms with Crippen LogP contribution in [-0.2, 0) is 14.2 Å². The Morgan fingerprint density at radius 1 is 0.781 bits per heavy atom. The van der Waals surface area contributed by atoms with Crippen LogP contribution in [0.1, 0.15) is 0 Å². The van der Waals surface area contributed by atoms with Crippen LogP contribution >= 0.6 is 7.82 Å². The molecule has 32 heavy (non-hydrogen) atoms. The molecule has 0 spiro atoms. The molecule has 3 aliphatic heterocycles. The summed E-state index contributed by atoms with van der Waals surface area (Å²) in [5, 5.41) is 1.56. The van der Waals surface area contributed by atoms with E-state index in [1.165, 1.54) is 12.1 Å². The summed E-state index contributed by atoms with van der Waals surface area (Å²) in [6.07, 6.45) is 1.52. The Morgan fingerprint density at radius 2 is 1.38 bits per heavy atom. The predicted octanol–water partition coefficient (Wildman–Crippen LogP) is 1.49. The largest absolute Gasteiger partial charge is 0.524 e. The highest BCUT2D eigenvalue weighted by molar-refractivity contribution is 7.46. The molecule has 0 atom stereocenters. The molecule has 0 unspecified atom stereocenters. The van der Waals surface area contributed by atoms with Crippen molar-refractivity contribution in [1.82, 2.24) is 14.7 Å². The summed E-state index contributed by atoms with van der Waals surface area (Å²) in [4.78, 5) is 47.9. The van der Waals surface area contributed by atoms with Gasteiger partial charge in [0, 0.05) is 50.7 Å². The third-order valence-corrected chi connectivity index (χ3v) is 5.89. The molecule has 3 saturated heterocycles. The maximum atomic E-state index is 12.4. The molecule has 1 aliphatic carbocycles. The van der Waals surface area contributed by atoms with Gasteiger partial charge >= 0.3 is 7.82 Å². The van der Waals surface area contributed by atoms with Crippen LogP contribution in [0.5, 0.6) is 5.75 Å². The molecule has 6 rings (SSSR count). The van der Waals surface area contributed by atoms with E-state index >= 15 is 0 Å². The summed E-state index contributed by atoms with van der Waals surface area (Å²) < 4.78 is 15.3. The van der Waals surface area contributed by atoms with Crippen LogP contribution in [0.3, 0.4) is 0 Å². The number of carbonyl (C=O) groups is 2. The number of hydrogen-bond acceptors (Lipinski definition) is 7. The Kier molecular flexibility index (Phi) is 5.04. The summed E-state index contributed by atoms with van der Waals surface area (Å²) >= 11 is 0. The highest BCUT2D eigenvalue weighted by atomic mass is 31.2. The van der Waals surface area contributed by atoms with Gasteiger partial charge < -0.3 is 19.2 Å². The highest BCUT2D eigenvalue weighted by Gasteiger charge is 2.43. The van der Waals surface area contributed by atoms with E-state index < -0.39 is 7.82 Å². The molecule has 0 amide bonds. The number of nitrogens with zero attached hydrogens (tertiary/aromatic N) is 3. The SMILES string of the molecule is O=C1C=C(N2CC2)C(=O)C(N2CC2)=C1N1CC1.O=P(O)(O)Oc1cccc2ccccc12. The van der Waals surface area contributed by atoms with E-state index in [0.29, 0.717) is 22.5 Å². The average Bonchev–Trinajstić information content (AvgIpc) is 3.61. The zero-order valence-corrected chi connectivity index (χ0v) is 18.1. The number of hydrogen-bond donors (Lipinski definition) is 2. The van der Waals surface area contributed by atoms with Gasteiger partial charge in [0.15, 0.2) is 0 Å². The van der Waals surface area contributed by atoms with Crippen LogP contribution < -0.4 is 4.52 Å². The van der Waals surface area contributed by atoms with Crippen LogP contribution in [0.4, 0.5) is 0 Å². The second-order valence-corrected chi connectivity index (χ2v) is 9.10. The summed E-state index contributed by atoms with van der Waals surface area (Å²) in [6, 6.07) is 12.3. The molecule has 10 heteroatoms. The van der Waals surface area contributed by atoms with E-state index in [1.54, 1.807) is 18.2 Å². The molecule has 3 heterocycles. The smallest absolute Gasteiger partial charge is 0.404 e. The van der Waals surface area contributed by atoms with Gasteiger partial charge in [0.25, 0.3) is 0 Å². The molecular weight excluding hydrogens is 433 g/mol.